The molecule has 0 aliphatic rings. The van der Waals surface area contributed by atoms with E-state index in [1.54, 1.807) is 32.8 Å². The van der Waals surface area contributed by atoms with Crippen molar-refractivity contribution in [1.29, 1.82) is 0 Å². The number of benzene rings is 1. The molecular weight excluding hydrogens is 648 g/mol. The molecule has 0 fully saturated rings. The van der Waals surface area contributed by atoms with Crippen molar-refractivity contribution in [1.82, 2.24) is 9.97 Å². The van der Waals surface area contributed by atoms with Gasteiger partial charge in [-0.2, -0.15) is 0 Å². The molecule has 3 rings (SSSR count). The molecule has 234 valence electrons. The van der Waals surface area contributed by atoms with Crippen LogP contribution in [0.1, 0.15) is 12.0 Å². The van der Waals surface area contributed by atoms with Gasteiger partial charge in [-0.05, 0) is 43.2 Å². The van der Waals surface area contributed by atoms with Crippen molar-refractivity contribution in [3.8, 4) is 28.9 Å². The molecule has 0 saturated heterocycles. The maximum atomic E-state index is 9.55. The molecule has 2 aromatic heterocycles. The Morgan fingerprint density at radius 2 is 1.34 bits per heavy atom. The van der Waals surface area contributed by atoms with Gasteiger partial charge in [-0.3, -0.25) is 4.98 Å². The molecule has 44 heavy (non-hydrogen) atoms. The lowest BCUT2D eigenvalue weighted by Gasteiger charge is -2.13. The maximum absolute atomic E-state index is 9.55. The first-order valence-corrected chi connectivity index (χ1v) is 13.1. The summed E-state index contributed by atoms with van der Waals surface area (Å²) in [6, 6.07) is 11.2. The topological polar surface area (TPSA) is 212 Å². The average Bonchev–Trinajstić information content (AvgIpc) is 2.98. The van der Waals surface area contributed by atoms with Crippen LogP contribution in [0.4, 0.5) is 0 Å². The Balaban J connectivity index is 0.000000498. The zero-order valence-electron chi connectivity index (χ0n) is 23.5. The van der Waals surface area contributed by atoms with Gasteiger partial charge >= 0.3 is 23.9 Å². The predicted octanol–water partition coefficient (Wildman–Crippen LogP) is 4.48. The number of aliphatic carboxylic acids is 4. The summed E-state index contributed by atoms with van der Waals surface area (Å²) in [5, 5.41) is 31.2. The first-order valence-electron chi connectivity index (χ1n) is 12.3. The van der Waals surface area contributed by atoms with Crippen LogP contribution in [0.5, 0.6) is 28.9 Å². The van der Waals surface area contributed by atoms with E-state index in [0.29, 0.717) is 59.8 Å². The Labute approximate surface area is 260 Å². The molecule has 0 atom stereocenters. The van der Waals surface area contributed by atoms with E-state index in [4.69, 9.17) is 39.4 Å². The smallest absolute Gasteiger partial charge is 0.328 e. The van der Waals surface area contributed by atoms with E-state index in [2.05, 4.69) is 25.9 Å². The summed E-state index contributed by atoms with van der Waals surface area (Å²) in [5.41, 5.74) is 0.973. The second-order valence-electron chi connectivity index (χ2n) is 7.86. The fourth-order valence-electron chi connectivity index (χ4n) is 2.97. The van der Waals surface area contributed by atoms with Gasteiger partial charge in [0.15, 0.2) is 5.75 Å². The first kappa shape index (κ1) is 36.6. The lowest BCUT2D eigenvalue weighted by atomic mass is 10.1. The standard InChI is InChI=1S/C21H21BrN2O4.2C4H4O4/c1-25-19-13-23-14-20(26-2)17(19)8-5-11-27-18-9-4-10-24-21(18)28-16-7-3-6-15(22)12-16;2*5-3(6)1-2-4(7)8/h3-4,6-7,9-10,12-14H,5,8,11H2,1-2H3;2*1-2H,(H,5,6)(H,7,8)/b;2*2-1+. The van der Waals surface area contributed by atoms with E-state index in [1.165, 1.54) is 0 Å². The summed E-state index contributed by atoms with van der Waals surface area (Å²) in [6.07, 6.45) is 8.77. The number of hydrogen-bond donors (Lipinski definition) is 4. The maximum Gasteiger partial charge on any atom is 0.328 e. The molecule has 1 aromatic carbocycles. The van der Waals surface area contributed by atoms with Gasteiger partial charge in [0.05, 0.1) is 33.2 Å². The highest BCUT2D eigenvalue weighted by Gasteiger charge is 2.12. The number of carboxylic acids is 4. The number of pyridine rings is 2. The highest BCUT2D eigenvalue weighted by Crippen LogP contribution is 2.31. The Morgan fingerprint density at radius 1 is 0.795 bits per heavy atom. The third-order valence-electron chi connectivity index (χ3n) is 4.73. The number of rotatable bonds is 13. The fourth-order valence-corrected chi connectivity index (χ4v) is 3.35. The van der Waals surface area contributed by atoms with Gasteiger partial charge < -0.3 is 39.4 Å². The predicted molar refractivity (Wildman–Crippen MR) is 158 cm³/mol. The average molecular weight is 677 g/mol. The van der Waals surface area contributed by atoms with Gasteiger partial charge in [-0.25, -0.2) is 24.2 Å². The molecule has 0 amide bonds. The van der Waals surface area contributed by atoms with Crippen molar-refractivity contribution in [3.63, 3.8) is 0 Å². The summed E-state index contributed by atoms with van der Waals surface area (Å²) in [5.74, 6) is -1.90. The minimum absolute atomic E-state index is 0.430. The molecule has 3 aromatic rings. The van der Waals surface area contributed by atoms with Crippen LogP contribution in [0.15, 0.2) is 83.8 Å². The highest BCUT2D eigenvalue weighted by molar-refractivity contribution is 9.10. The molecule has 15 heteroatoms. The third-order valence-corrected chi connectivity index (χ3v) is 5.22. The zero-order valence-corrected chi connectivity index (χ0v) is 25.0. The third kappa shape index (κ3) is 15.5. The number of aromatic nitrogens is 2. The van der Waals surface area contributed by atoms with E-state index >= 15 is 0 Å². The molecule has 0 bridgehead atoms. The van der Waals surface area contributed by atoms with Crippen LogP contribution in [0.3, 0.4) is 0 Å². The van der Waals surface area contributed by atoms with Gasteiger partial charge in [0.2, 0.25) is 0 Å². The first-order chi connectivity index (χ1) is 21.0. The quantitative estimate of drug-likeness (QED) is 0.145. The molecule has 0 aliphatic carbocycles. The number of hydrogen-bond acceptors (Lipinski definition) is 10. The van der Waals surface area contributed by atoms with Crippen LogP contribution in [-0.4, -0.2) is 75.1 Å². The summed E-state index contributed by atoms with van der Waals surface area (Å²) < 4.78 is 23.5. The molecular formula is C29H29BrN2O12. The van der Waals surface area contributed by atoms with Gasteiger partial charge in [-0.1, -0.05) is 22.0 Å². The van der Waals surface area contributed by atoms with Crippen molar-refractivity contribution >= 4 is 39.8 Å². The molecule has 0 unspecified atom stereocenters. The minimum Gasteiger partial charge on any atom is -0.495 e. The number of carbonyl (C=O) groups is 4. The van der Waals surface area contributed by atoms with Crippen LogP contribution in [-0.2, 0) is 25.6 Å². The largest absolute Gasteiger partial charge is 0.495 e. The van der Waals surface area contributed by atoms with Gasteiger partial charge in [-0.15, -0.1) is 0 Å². The zero-order chi connectivity index (χ0) is 32.9. The van der Waals surface area contributed by atoms with E-state index in [0.717, 1.165) is 22.9 Å². The lowest BCUT2D eigenvalue weighted by molar-refractivity contribution is -0.134. The molecule has 0 aliphatic heterocycles. The molecule has 4 N–H and O–H groups in total. The van der Waals surface area contributed by atoms with Gasteiger partial charge in [0.25, 0.3) is 5.88 Å². The van der Waals surface area contributed by atoms with Crippen molar-refractivity contribution < 1.29 is 58.6 Å². The normalized spacial score (nSPS) is 10.1. The highest BCUT2D eigenvalue weighted by atomic mass is 79.9. The van der Waals surface area contributed by atoms with Crippen LogP contribution >= 0.6 is 15.9 Å². The van der Waals surface area contributed by atoms with E-state index < -0.39 is 23.9 Å². The van der Waals surface area contributed by atoms with Crippen molar-refractivity contribution in [3.05, 3.63) is 89.3 Å². The molecule has 0 spiro atoms. The number of methoxy groups -OCH3 is 2. The van der Waals surface area contributed by atoms with E-state index in [9.17, 15) is 19.2 Å². The van der Waals surface area contributed by atoms with Crippen LogP contribution < -0.4 is 18.9 Å². The molecule has 0 saturated carbocycles. The number of ether oxygens (including phenoxy) is 4. The van der Waals surface area contributed by atoms with Gasteiger partial charge in [0, 0.05) is 40.5 Å². The second kappa shape index (κ2) is 20.4. The van der Waals surface area contributed by atoms with Crippen molar-refractivity contribution in [2.45, 2.75) is 12.8 Å². The SMILES string of the molecule is COc1cncc(OC)c1CCCOc1cccnc1Oc1cccc(Br)c1.O=C(O)/C=C/C(=O)O.O=C(O)/C=C/C(=O)O. The Hall–Kier alpha value is -5.44. The molecule has 14 nitrogen and oxygen atoms in total. The Morgan fingerprint density at radius 3 is 1.82 bits per heavy atom. The minimum atomic E-state index is -1.26. The monoisotopic (exact) mass is 676 g/mol. The summed E-state index contributed by atoms with van der Waals surface area (Å²) in [7, 11) is 3.25. The fraction of sp³-hybridized carbons (Fsp3) is 0.172. The number of halogens is 1. The lowest BCUT2D eigenvalue weighted by Crippen LogP contribution is -2.04. The van der Waals surface area contributed by atoms with E-state index in [-0.39, 0.29) is 0 Å². The molecule has 0 radical (unpaired) electrons. The van der Waals surface area contributed by atoms with Gasteiger partial charge in [0.1, 0.15) is 17.2 Å². The number of nitrogens with zero attached hydrogens (tertiary/aromatic N) is 2. The summed E-state index contributed by atoms with van der Waals surface area (Å²) in [6.45, 7) is 0.495. The Bertz CT molecular complexity index is 1370. The van der Waals surface area contributed by atoms with Crippen molar-refractivity contribution in [2.75, 3.05) is 20.8 Å². The van der Waals surface area contributed by atoms with E-state index in [1.807, 2.05) is 36.4 Å². The van der Waals surface area contributed by atoms with Crippen LogP contribution in [0.25, 0.3) is 0 Å². The van der Waals surface area contributed by atoms with Crippen LogP contribution in [0.2, 0.25) is 0 Å². The summed E-state index contributed by atoms with van der Waals surface area (Å²) in [4.78, 5) is 46.6. The second-order valence-corrected chi connectivity index (χ2v) is 8.78. The van der Waals surface area contributed by atoms with Crippen molar-refractivity contribution in [2.24, 2.45) is 0 Å². The summed E-state index contributed by atoms with van der Waals surface area (Å²) >= 11 is 3.43. The Kier molecular flexibility index (Phi) is 17.0. The van der Waals surface area contributed by atoms with Crippen LogP contribution in [0, 0.1) is 0 Å². The number of carboxylic acid groups (broad SMARTS) is 4. The molecule has 2 heterocycles.